The van der Waals surface area contributed by atoms with E-state index < -0.39 is 0 Å². The second-order valence-electron chi connectivity index (χ2n) is 2.09. The zero-order valence-electron chi connectivity index (χ0n) is 6.92. The van der Waals surface area contributed by atoms with Gasteiger partial charge in [0.15, 0.2) is 6.29 Å². The lowest BCUT2D eigenvalue weighted by Crippen LogP contribution is -2.05. The van der Waals surface area contributed by atoms with E-state index in [0.717, 1.165) is 19.4 Å². The summed E-state index contributed by atoms with van der Waals surface area (Å²) in [5, 5.41) is 0. The first kappa shape index (κ1) is 9.88. The minimum Gasteiger partial charge on any atom is -0.388 e. The van der Waals surface area contributed by atoms with E-state index in [-0.39, 0.29) is 6.29 Å². The molecular weight excluding hydrogens is 132 g/mol. The summed E-state index contributed by atoms with van der Waals surface area (Å²) in [6.07, 6.45) is 2.31. The molecule has 1 aliphatic heterocycles. The van der Waals surface area contributed by atoms with Gasteiger partial charge in [-0.3, -0.25) is 0 Å². The standard InChI is InChI=1S/C5H10O2.C2H6O/c1-6-5-3-2-4-7-5;1-3-2/h5H,2-4H2,1H3;1-2H3. The summed E-state index contributed by atoms with van der Waals surface area (Å²) in [5.74, 6) is 0. The summed E-state index contributed by atoms with van der Waals surface area (Å²) in [4.78, 5) is 0. The molecular formula is C7H16O3. The molecule has 0 aromatic rings. The van der Waals surface area contributed by atoms with Gasteiger partial charge in [-0.25, -0.2) is 0 Å². The molecule has 1 unspecified atom stereocenters. The monoisotopic (exact) mass is 148 g/mol. The highest BCUT2D eigenvalue weighted by Gasteiger charge is 2.12. The number of rotatable bonds is 1. The number of ether oxygens (including phenoxy) is 3. The molecule has 1 fully saturated rings. The van der Waals surface area contributed by atoms with Crippen LogP contribution in [0.25, 0.3) is 0 Å². The summed E-state index contributed by atoms with van der Waals surface area (Å²) in [5.41, 5.74) is 0. The first-order chi connectivity index (χ1) is 4.85. The Balaban J connectivity index is 0.000000236. The highest BCUT2D eigenvalue weighted by molar-refractivity contribution is 4.52. The van der Waals surface area contributed by atoms with Crippen molar-refractivity contribution >= 4 is 0 Å². The van der Waals surface area contributed by atoms with Crippen molar-refractivity contribution in [1.29, 1.82) is 0 Å². The molecule has 1 saturated heterocycles. The van der Waals surface area contributed by atoms with Gasteiger partial charge in [0.1, 0.15) is 0 Å². The van der Waals surface area contributed by atoms with Gasteiger partial charge in [0.25, 0.3) is 0 Å². The maximum absolute atomic E-state index is 5.08. The van der Waals surface area contributed by atoms with Crippen molar-refractivity contribution in [3.63, 3.8) is 0 Å². The van der Waals surface area contributed by atoms with Gasteiger partial charge in [0.2, 0.25) is 0 Å². The van der Waals surface area contributed by atoms with E-state index in [1.807, 2.05) is 0 Å². The van der Waals surface area contributed by atoms with Gasteiger partial charge in [-0.05, 0) is 6.42 Å². The van der Waals surface area contributed by atoms with Crippen molar-refractivity contribution in [2.24, 2.45) is 0 Å². The van der Waals surface area contributed by atoms with Gasteiger partial charge in [-0.15, -0.1) is 0 Å². The molecule has 3 heteroatoms. The largest absolute Gasteiger partial charge is 0.388 e. The SMILES string of the molecule is COC.COC1CCCO1. The second-order valence-corrected chi connectivity index (χ2v) is 2.09. The summed E-state index contributed by atoms with van der Waals surface area (Å²) in [6, 6.07) is 0. The fourth-order valence-corrected chi connectivity index (χ4v) is 0.734. The maximum atomic E-state index is 5.08. The molecule has 0 aliphatic carbocycles. The van der Waals surface area contributed by atoms with E-state index in [2.05, 4.69) is 4.74 Å². The quantitative estimate of drug-likeness (QED) is 0.556. The molecule has 1 rings (SSSR count). The van der Waals surface area contributed by atoms with Crippen LogP contribution in [0, 0.1) is 0 Å². The molecule has 0 amide bonds. The lowest BCUT2D eigenvalue weighted by Gasteiger charge is -2.03. The Morgan fingerprint density at radius 2 is 1.90 bits per heavy atom. The van der Waals surface area contributed by atoms with Crippen molar-refractivity contribution < 1.29 is 14.2 Å². The van der Waals surface area contributed by atoms with Crippen LogP contribution >= 0.6 is 0 Å². The third kappa shape index (κ3) is 4.73. The number of hydrogen-bond acceptors (Lipinski definition) is 3. The molecule has 0 saturated carbocycles. The molecule has 0 aromatic carbocycles. The molecule has 0 bridgehead atoms. The summed E-state index contributed by atoms with van der Waals surface area (Å²) in [7, 11) is 4.93. The molecule has 1 aliphatic rings. The summed E-state index contributed by atoms with van der Waals surface area (Å²) >= 11 is 0. The van der Waals surface area contributed by atoms with Crippen LogP contribution in [-0.4, -0.2) is 34.2 Å². The van der Waals surface area contributed by atoms with Crippen LogP contribution < -0.4 is 0 Å². The Hall–Kier alpha value is -0.120. The van der Waals surface area contributed by atoms with E-state index in [1.54, 1.807) is 21.3 Å². The van der Waals surface area contributed by atoms with Crippen molar-refractivity contribution in [3.05, 3.63) is 0 Å². The zero-order chi connectivity index (χ0) is 7.82. The maximum Gasteiger partial charge on any atom is 0.157 e. The smallest absolute Gasteiger partial charge is 0.157 e. The number of methoxy groups -OCH3 is 2. The minimum atomic E-state index is 0.0972. The third-order valence-corrected chi connectivity index (χ3v) is 1.15. The average Bonchev–Trinajstić information content (AvgIpc) is 2.39. The molecule has 1 heterocycles. The Morgan fingerprint density at radius 3 is 2.10 bits per heavy atom. The molecule has 62 valence electrons. The highest BCUT2D eigenvalue weighted by Crippen LogP contribution is 2.10. The first-order valence-electron chi connectivity index (χ1n) is 3.39. The van der Waals surface area contributed by atoms with Crippen molar-refractivity contribution in [3.8, 4) is 0 Å². The zero-order valence-corrected chi connectivity index (χ0v) is 6.92. The Kier molecular flexibility index (Phi) is 6.91. The van der Waals surface area contributed by atoms with E-state index in [1.165, 1.54) is 0 Å². The van der Waals surface area contributed by atoms with Gasteiger partial charge in [-0.2, -0.15) is 0 Å². The first-order valence-corrected chi connectivity index (χ1v) is 3.39. The van der Waals surface area contributed by atoms with Crippen molar-refractivity contribution in [1.82, 2.24) is 0 Å². The molecule has 10 heavy (non-hydrogen) atoms. The summed E-state index contributed by atoms with van der Waals surface area (Å²) in [6.45, 7) is 0.874. The topological polar surface area (TPSA) is 27.7 Å². The van der Waals surface area contributed by atoms with E-state index in [0.29, 0.717) is 0 Å². The molecule has 0 radical (unpaired) electrons. The van der Waals surface area contributed by atoms with E-state index in [4.69, 9.17) is 9.47 Å². The van der Waals surface area contributed by atoms with Gasteiger partial charge >= 0.3 is 0 Å². The molecule has 1 atom stereocenters. The average molecular weight is 148 g/mol. The lowest BCUT2D eigenvalue weighted by atomic mass is 10.4. The molecule has 0 N–H and O–H groups in total. The van der Waals surface area contributed by atoms with Crippen LogP contribution in [0.5, 0.6) is 0 Å². The minimum absolute atomic E-state index is 0.0972. The molecule has 0 aromatic heterocycles. The van der Waals surface area contributed by atoms with Crippen LogP contribution in [0.15, 0.2) is 0 Å². The normalized spacial score (nSPS) is 23.7. The Morgan fingerprint density at radius 1 is 1.30 bits per heavy atom. The molecule has 0 spiro atoms. The Bertz CT molecular complexity index is 59.9. The van der Waals surface area contributed by atoms with Crippen LogP contribution in [-0.2, 0) is 14.2 Å². The van der Waals surface area contributed by atoms with Crippen molar-refractivity contribution in [2.75, 3.05) is 27.9 Å². The molecule has 3 nitrogen and oxygen atoms in total. The fraction of sp³-hybridized carbons (Fsp3) is 1.00. The summed E-state index contributed by atoms with van der Waals surface area (Å²) < 4.78 is 14.2. The lowest BCUT2D eigenvalue weighted by molar-refractivity contribution is -0.0880. The number of hydrogen-bond donors (Lipinski definition) is 0. The van der Waals surface area contributed by atoms with Crippen LogP contribution in [0.2, 0.25) is 0 Å². The van der Waals surface area contributed by atoms with Gasteiger partial charge in [-0.1, -0.05) is 0 Å². The highest BCUT2D eigenvalue weighted by atomic mass is 16.7. The van der Waals surface area contributed by atoms with Crippen LogP contribution in [0.1, 0.15) is 12.8 Å². The van der Waals surface area contributed by atoms with Gasteiger partial charge in [0.05, 0.1) is 0 Å². The van der Waals surface area contributed by atoms with Gasteiger partial charge in [0, 0.05) is 34.4 Å². The predicted octanol–water partition coefficient (Wildman–Crippen LogP) is 1.03. The predicted molar refractivity (Wildman–Crippen MR) is 38.9 cm³/mol. The van der Waals surface area contributed by atoms with E-state index in [9.17, 15) is 0 Å². The van der Waals surface area contributed by atoms with Gasteiger partial charge < -0.3 is 14.2 Å². The van der Waals surface area contributed by atoms with E-state index >= 15 is 0 Å². The Labute approximate surface area is 62.3 Å². The second kappa shape index (κ2) is 6.99. The third-order valence-electron chi connectivity index (χ3n) is 1.15. The van der Waals surface area contributed by atoms with Crippen LogP contribution in [0.4, 0.5) is 0 Å². The van der Waals surface area contributed by atoms with Crippen molar-refractivity contribution in [2.45, 2.75) is 19.1 Å². The van der Waals surface area contributed by atoms with Crippen LogP contribution in [0.3, 0.4) is 0 Å². The fourth-order valence-electron chi connectivity index (χ4n) is 0.734.